The topological polar surface area (TPSA) is 87.9 Å². The van der Waals surface area contributed by atoms with E-state index in [1.54, 1.807) is 6.07 Å². The van der Waals surface area contributed by atoms with Gasteiger partial charge in [0.2, 0.25) is 0 Å². The number of nitrogens with zero attached hydrogens (tertiary/aromatic N) is 3. The smallest absolute Gasteiger partial charge is 0.253 e. The fraction of sp³-hybridized carbons (Fsp3) is 0.500. The van der Waals surface area contributed by atoms with E-state index in [4.69, 9.17) is 5.73 Å². The predicted octanol–water partition coefficient (Wildman–Crippen LogP) is 0.767. The summed E-state index contributed by atoms with van der Waals surface area (Å²) in [5.74, 6) is 1.27. The van der Waals surface area contributed by atoms with E-state index in [1.807, 2.05) is 17.0 Å². The highest BCUT2D eigenvalue weighted by atomic mass is 16.2. The fourth-order valence-corrected chi connectivity index (χ4v) is 3.20. The summed E-state index contributed by atoms with van der Waals surface area (Å²) >= 11 is 0. The molecule has 6 heteroatoms. The van der Waals surface area contributed by atoms with Gasteiger partial charge < -0.3 is 10.6 Å². The molecule has 0 radical (unpaired) electrons. The van der Waals surface area contributed by atoms with E-state index in [0.717, 1.165) is 23.5 Å². The van der Waals surface area contributed by atoms with Crippen molar-refractivity contribution in [3.63, 3.8) is 0 Å². The maximum absolute atomic E-state index is 12.6. The predicted molar refractivity (Wildman–Crippen MR) is 74.0 cm³/mol. The number of likely N-dealkylation sites (tertiary alicyclic amines) is 1. The molecule has 1 aliphatic carbocycles. The summed E-state index contributed by atoms with van der Waals surface area (Å²) in [6.45, 7) is 1.46. The van der Waals surface area contributed by atoms with Crippen molar-refractivity contribution in [2.75, 3.05) is 13.1 Å². The molecule has 1 saturated carbocycles. The van der Waals surface area contributed by atoms with Gasteiger partial charge in [-0.2, -0.15) is 15.4 Å². The van der Waals surface area contributed by atoms with Gasteiger partial charge in [-0.15, -0.1) is 0 Å². The molecule has 2 heterocycles. The third-order valence-electron chi connectivity index (χ3n) is 4.49. The van der Waals surface area contributed by atoms with Gasteiger partial charge in [-0.25, -0.2) is 0 Å². The van der Waals surface area contributed by atoms with Crippen molar-refractivity contribution in [1.29, 1.82) is 0 Å². The highest BCUT2D eigenvalue weighted by molar-refractivity contribution is 5.97. The SMILES string of the molecule is N[C@@H]1CN(C(=O)c2ccc3n[nH]nc3c2)C[C@H]1C1CC1. The first-order valence-corrected chi connectivity index (χ1v) is 7.08. The van der Waals surface area contributed by atoms with Gasteiger partial charge in [0, 0.05) is 24.7 Å². The summed E-state index contributed by atoms with van der Waals surface area (Å²) in [5, 5.41) is 10.6. The Morgan fingerprint density at radius 3 is 2.85 bits per heavy atom. The number of hydrogen-bond acceptors (Lipinski definition) is 4. The highest BCUT2D eigenvalue weighted by Crippen LogP contribution is 2.41. The molecule has 1 amide bonds. The number of carbonyl (C=O) groups excluding carboxylic acids is 1. The van der Waals surface area contributed by atoms with Crippen LogP contribution in [0.1, 0.15) is 23.2 Å². The lowest BCUT2D eigenvalue weighted by Crippen LogP contribution is -2.32. The van der Waals surface area contributed by atoms with E-state index >= 15 is 0 Å². The number of nitrogens with two attached hydrogens (primary N) is 1. The van der Waals surface area contributed by atoms with Crippen LogP contribution in [0.3, 0.4) is 0 Å². The van der Waals surface area contributed by atoms with Crippen LogP contribution in [-0.4, -0.2) is 45.3 Å². The Kier molecular flexibility index (Phi) is 2.53. The van der Waals surface area contributed by atoms with Gasteiger partial charge in [0.15, 0.2) is 0 Å². The lowest BCUT2D eigenvalue weighted by Gasteiger charge is -2.16. The minimum Gasteiger partial charge on any atom is -0.337 e. The molecule has 1 aliphatic heterocycles. The molecule has 0 spiro atoms. The number of carbonyl (C=O) groups is 1. The molecule has 2 aliphatic rings. The standard InChI is InChI=1S/C14H17N5O/c15-11-7-19(6-10(11)8-1-2-8)14(20)9-3-4-12-13(5-9)17-18-16-12/h3-5,8,10-11H,1-2,6-7,15H2,(H,16,17,18)/t10-,11+/m0/s1. The highest BCUT2D eigenvalue weighted by Gasteiger charge is 2.42. The molecular weight excluding hydrogens is 254 g/mol. The zero-order chi connectivity index (χ0) is 13.7. The molecule has 0 bridgehead atoms. The van der Waals surface area contributed by atoms with Gasteiger partial charge >= 0.3 is 0 Å². The van der Waals surface area contributed by atoms with E-state index in [2.05, 4.69) is 15.4 Å². The van der Waals surface area contributed by atoms with Crippen LogP contribution in [0, 0.1) is 11.8 Å². The lowest BCUT2D eigenvalue weighted by molar-refractivity contribution is 0.0785. The van der Waals surface area contributed by atoms with Crippen molar-refractivity contribution in [3.8, 4) is 0 Å². The van der Waals surface area contributed by atoms with Crippen LogP contribution in [0.25, 0.3) is 11.0 Å². The van der Waals surface area contributed by atoms with Gasteiger partial charge in [-0.05, 0) is 42.9 Å². The van der Waals surface area contributed by atoms with Crippen LogP contribution in [0.4, 0.5) is 0 Å². The number of hydrogen-bond donors (Lipinski definition) is 2. The molecule has 1 aromatic heterocycles. The maximum Gasteiger partial charge on any atom is 0.253 e. The second-order valence-electron chi connectivity index (χ2n) is 5.90. The Bertz CT molecular complexity index is 662. The molecule has 20 heavy (non-hydrogen) atoms. The van der Waals surface area contributed by atoms with Crippen LogP contribution in [0.5, 0.6) is 0 Å². The Morgan fingerprint density at radius 1 is 1.25 bits per heavy atom. The summed E-state index contributed by atoms with van der Waals surface area (Å²) < 4.78 is 0. The first-order chi connectivity index (χ1) is 9.72. The second kappa shape index (κ2) is 4.28. The number of aromatic amines is 1. The summed E-state index contributed by atoms with van der Waals surface area (Å²) in [7, 11) is 0. The van der Waals surface area contributed by atoms with Crippen LogP contribution in [0.15, 0.2) is 18.2 Å². The number of amides is 1. The molecule has 2 fully saturated rings. The van der Waals surface area contributed by atoms with Gasteiger partial charge in [0.25, 0.3) is 5.91 Å². The van der Waals surface area contributed by atoms with Crippen LogP contribution in [-0.2, 0) is 0 Å². The number of H-pyrrole nitrogens is 1. The third-order valence-corrected chi connectivity index (χ3v) is 4.49. The Morgan fingerprint density at radius 2 is 2.05 bits per heavy atom. The molecular formula is C14H17N5O. The van der Waals surface area contributed by atoms with Crippen molar-refractivity contribution in [2.45, 2.75) is 18.9 Å². The average Bonchev–Trinajstić information content (AvgIpc) is 3.06. The quantitative estimate of drug-likeness (QED) is 0.844. The third kappa shape index (κ3) is 1.87. The number of benzene rings is 1. The average molecular weight is 271 g/mol. The van der Waals surface area contributed by atoms with Crippen LogP contribution in [0.2, 0.25) is 0 Å². The molecule has 2 aromatic rings. The van der Waals surface area contributed by atoms with E-state index in [-0.39, 0.29) is 11.9 Å². The van der Waals surface area contributed by atoms with Gasteiger partial charge in [-0.3, -0.25) is 4.79 Å². The van der Waals surface area contributed by atoms with Gasteiger partial charge in [0.05, 0.1) is 0 Å². The van der Waals surface area contributed by atoms with Crippen LogP contribution >= 0.6 is 0 Å². The Hall–Kier alpha value is -1.95. The summed E-state index contributed by atoms with van der Waals surface area (Å²) in [6, 6.07) is 5.54. The number of fused-ring (bicyclic) bond motifs is 1. The maximum atomic E-state index is 12.6. The van der Waals surface area contributed by atoms with Crippen molar-refractivity contribution >= 4 is 16.9 Å². The molecule has 0 unspecified atom stereocenters. The summed E-state index contributed by atoms with van der Waals surface area (Å²) in [4.78, 5) is 14.4. The monoisotopic (exact) mass is 271 g/mol. The van der Waals surface area contributed by atoms with E-state index < -0.39 is 0 Å². The second-order valence-corrected chi connectivity index (χ2v) is 5.90. The number of nitrogens with one attached hydrogen (secondary N) is 1. The van der Waals surface area contributed by atoms with Crippen molar-refractivity contribution in [2.24, 2.45) is 17.6 Å². The largest absolute Gasteiger partial charge is 0.337 e. The van der Waals surface area contributed by atoms with E-state index in [9.17, 15) is 4.79 Å². The Balaban J connectivity index is 1.57. The summed E-state index contributed by atoms with van der Waals surface area (Å²) in [6.07, 6.45) is 2.54. The lowest BCUT2D eigenvalue weighted by atomic mass is 9.99. The summed E-state index contributed by atoms with van der Waals surface area (Å²) in [5.41, 5.74) is 8.34. The number of aromatic nitrogens is 3. The van der Waals surface area contributed by atoms with Crippen molar-refractivity contribution < 1.29 is 4.79 Å². The van der Waals surface area contributed by atoms with Crippen molar-refractivity contribution in [3.05, 3.63) is 23.8 Å². The van der Waals surface area contributed by atoms with E-state index in [0.29, 0.717) is 18.0 Å². The van der Waals surface area contributed by atoms with Crippen LogP contribution < -0.4 is 5.73 Å². The first kappa shape index (κ1) is 11.8. The molecule has 2 atom stereocenters. The van der Waals surface area contributed by atoms with Gasteiger partial charge in [0.1, 0.15) is 11.0 Å². The molecule has 6 nitrogen and oxygen atoms in total. The number of rotatable bonds is 2. The Labute approximate surface area is 116 Å². The normalized spacial score (nSPS) is 26.4. The first-order valence-electron chi connectivity index (χ1n) is 7.08. The van der Waals surface area contributed by atoms with Gasteiger partial charge in [-0.1, -0.05) is 0 Å². The minimum absolute atomic E-state index is 0.0495. The fourth-order valence-electron chi connectivity index (χ4n) is 3.20. The molecule has 4 rings (SSSR count). The zero-order valence-corrected chi connectivity index (χ0v) is 11.1. The molecule has 3 N–H and O–H groups in total. The minimum atomic E-state index is 0.0495. The van der Waals surface area contributed by atoms with E-state index in [1.165, 1.54) is 12.8 Å². The molecule has 1 saturated heterocycles. The molecule has 1 aromatic carbocycles. The van der Waals surface area contributed by atoms with Crippen molar-refractivity contribution in [1.82, 2.24) is 20.3 Å². The zero-order valence-electron chi connectivity index (χ0n) is 11.1. The molecule has 104 valence electrons.